The Labute approximate surface area is 178 Å². The van der Waals surface area contributed by atoms with E-state index in [4.69, 9.17) is 5.11 Å². The number of imidazole rings is 1. The van der Waals surface area contributed by atoms with Crippen molar-refractivity contribution in [2.24, 2.45) is 0 Å². The van der Waals surface area contributed by atoms with Crippen LogP contribution in [0.25, 0.3) is 21.5 Å². The van der Waals surface area contributed by atoms with Crippen molar-refractivity contribution >= 4 is 44.7 Å². The van der Waals surface area contributed by atoms with Gasteiger partial charge in [0, 0.05) is 48.4 Å². The maximum atomic E-state index is 8.92. The van der Waals surface area contributed by atoms with Gasteiger partial charge >= 0.3 is 0 Å². The van der Waals surface area contributed by atoms with Crippen molar-refractivity contribution in [2.75, 3.05) is 29.1 Å². The summed E-state index contributed by atoms with van der Waals surface area (Å²) in [6.07, 6.45) is 4.29. The van der Waals surface area contributed by atoms with Crippen LogP contribution in [0, 0.1) is 0 Å². The van der Waals surface area contributed by atoms with Gasteiger partial charge in [-0.1, -0.05) is 0 Å². The molecular formula is C21H25N7OS. The molecule has 0 saturated carbocycles. The van der Waals surface area contributed by atoms with Crippen molar-refractivity contribution in [2.45, 2.75) is 26.3 Å². The number of fused-ring (bicyclic) bond motifs is 1. The normalized spacial score (nSPS) is 11.2. The summed E-state index contributed by atoms with van der Waals surface area (Å²) >= 11 is 1.62. The Balaban J connectivity index is 1.58. The largest absolute Gasteiger partial charge is 0.396 e. The Kier molecular flexibility index (Phi) is 6.10. The highest BCUT2D eigenvalue weighted by atomic mass is 32.1. The van der Waals surface area contributed by atoms with E-state index in [1.54, 1.807) is 17.5 Å². The standard InChI is InChI=1S/C21H25N7OS/c1-13(2)26-17-9-20(27-14-4-5-16-19(8-14)30-12-25-16)23-10-15(17)18-11-24-21(28-18)22-6-3-7-29/h4-5,8-13,29H,3,6-7H2,1-2H3,(H2,22,24,28)(H2,23,26,27). The minimum Gasteiger partial charge on any atom is -0.396 e. The number of aliphatic hydroxyl groups excluding tert-OH is 1. The molecule has 0 aliphatic heterocycles. The summed E-state index contributed by atoms with van der Waals surface area (Å²) in [5, 5.41) is 19.0. The van der Waals surface area contributed by atoms with Gasteiger partial charge in [-0.3, -0.25) is 0 Å². The number of H-pyrrole nitrogens is 1. The van der Waals surface area contributed by atoms with E-state index in [0.29, 0.717) is 18.9 Å². The summed E-state index contributed by atoms with van der Waals surface area (Å²) < 4.78 is 1.14. The van der Waals surface area contributed by atoms with Crippen LogP contribution in [-0.4, -0.2) is 44.2 Å². The molecule has 0 fully saturated rings. The minimum absolute atomic E-state index is 0.150. The molecular weight excluding hydrogens is 398 g/mol. The van der Waals surface area contributed by atoms with Crippen molar-refractivity contribution in [3.63, 3.8) is 0 Å². The molecule has 3 heterocycles. The lowest BCUT2D eigenvalue weighted by Crippen LogP contribution is -2.11. The second-order valence-electron chi connectivity index (χ2n) is 7.22. The smallest absolute Gasteiger partial charge is 0.200 e. The number of aromatic nitrogens is 4. The predicted octanol–water partition coefficient (Wildman–Crippen LogP) is 4.44. The van der Waals surface area contributed by atoms with Gasteiger partial charge in [-0.25, -0.2) is 15.0 Å². The van der Waals surface area contributed by atoms with Crippen LogP contribution in [0.1, 0.15) is 20.3 Å². The Bertz CT molecular complexity index is 1120. The maximum Gasteiger partial charge on any atom is 0.200 e. The SMILES string of the molecule is CC(C)Nc1cc(Nc2ccc3ncsc3c2)ncc1-c1cnc(NCCCO)[nH]1. The fraction of sp³-hybridized carbons (Fsp3) is 0.286. The lowest BCUT2D eigenvalue weighted by Gasteiger charge is -2.16. The van der Waals surface area contributed by atoms with Crippen molar-refractivity contribution < 1.29 is 5.11 Å². The molecule has 3 aromatic heterocycles. The highest BCUT2D eigenvalue weighted by Crippen LogP contribution is 2.31. The van der Waals surface area contributed by atoms with Gasteiger partial charge in [0.1, 0.15) is 5.82 Å². The number of rotatable bonds is 9. The third-order valence-corrected chi connectivity index (χ3v) is 5.24. The zero-order valence-electron chi connectivity index (χ0n) is 16.9. The number of thiazole rings is 1. The third kappa shape index (κ3) is 4.69. The average molecular weight is 424 g/mol. The van der Waals surface area contributed by atoms with Crippen LogP contribution >= 0.6 is 11.3 Å². The number of hydrogen-bond acceptors (Lipinski definition) is 8. The summed E-state index contributed by atoms with van der Waals surface area (Å²) in [5.74, 6) is 1.43. The first-order valence-corrected chi connectivity index (χ1v) is 10.8. The molecule has 8 nitrogen and oxygen atoms in total. The van der Waals surface area contributed by atoms with Crippen molar-refractivity contribution in [3.8, 4) is 11.3 Å². The molecule has 0 spiro atoms. The molecule has 0 unspecified atom stereocenters. The molecule has 156 valence electrons. The summed E-state index contributed by atoms with van der Waals surface area (Å²) in [6.45, 7) is 5.01. The van der Waals surface area contributed by atoms with Crippen LogP contribution < -0.4 is 16.0 Å². The first-order chi connectivity index (χ1) is 14.6. The summed E-state index contributed by atoms with van der Waals surface area (Å²) in [7, 11) is 0. The van der Waals surface area contributed by atoms with Gasteiger partial charge < -0.3 is 26.0 Å². The molecule has 1 aromatic carbocycles. The van der Waals surface area contributed by atoms with E-state index in [2.05, 4.69) is 55.8 Å². The van der Waals surface area contributed by atoms with Gasteiger partial charge in [0.05, 0.1) is 27.6 Å². The van der Waals surface area contributed by atoms with Crippen molar-refractivity contribution in [1.82, 2.24) is 19.9 Å². The van der Waals surface area contributed by atoms with Gasteiger partial charge in [0.2, 0.25) is 5.95 Å². The molecule has 0 bridgehead atoms. The highest BCUT2D eigenvalue weighted by Gasteiger charge is 2.12. The lowest BCUT2D eigenvalue weighted by molar-refractivity contribution is 0.292. The molecule has 0 atom stereocenters. The second kappa shape index (κ2) is 9.10. The molecule has 0 aliphatic carbocycles. The number of nitrogens with zero attached hydrogens (tertiary/aromatic N) is 3. The van der Waals surface area contributed by atoms with Gasteiger partial charge in [-0.05, 0) is 38.5 Å². The van der Waals surface area contributed by atoms with Crippen LogP contribution in [0.5, 0.6) is 0 Å². The third-order valence-electron chi connectivity index (χ3n) is 4.45. The number of pyridine rings is 1. The second-order valence-corrected chi connectivity index (χ2v) is 8.11. The number of anilines is 4. The highest BCUT2D eigenvalue weighted by molar-refractivity contribution is 7.16. The van der Waals surface area contributed by atoms with Crippen molar-refractivity contribution in [1.29, 1.82) is 0 Å². The molecule has 0 radical (unpaired) electrons. The van der Waals surface area contributed by atoms with Crippen LogP contribution in [0.15, 0.2) is 42.2 Å². The van der Waals surface area contributed by atoms with Gasteiger partial charge in [-0.2, -0.15) is 0 Å². The number of benzene rings is 1. The van der Waals surface area contributed by atoms with E-state index in [0.717, 1.165) is 38.7 Å². The van der Waals surface area contributed by atoms with E-state index in [9.17, 15) is 0 Å². The Morgan fingerprint density at radius 3 is 2.87 bits per heavy atom. The average Bonchev–Trinajstić information content (AvgIpc) is 3.37. The molecule has 5 N–H and O–H groups in total. The van der Waals surface area contributed by atoms with Crippen LogP contribution in [-0.2, 0) is 0 Å². The van der Waals surface area contributed by atoms with Crippen LogP contribution in [0.4, 0.5) is 23.1 Å². The quantitative estimate of drug-likeness (QED) is 0.253. The van der Waals surface area contributed by atoms with Gasteiger partial charge in [0.25, 0.3) is 0 Å². The van der Waals surface area contributed by atoms with E-state index in [1.807, 2.05) is 29.9 Å². The van der Waals surface area contributed by atoms with Crippen LogP contribution in [0.2, 0.25) is 0 Å². The van der Waals surface area contributed by atoms with Crippen molar-refractivity contribution in [3.05, 3.63) is 42.2 Å². The summed E-state index contributed by atoms with van der Waals surface area (Å²) in [5.41, 5.74) is 6.60. The Morgan fingerprint density at radius 1 is 1.13 bits per heavy atom. The topological polar surface area (TPSA) is 111 Å². The fourth-order valence-corrected chi connectivity index (χ4v) is 3.80. The molecule has 4 rings (SSSR count). The van der Waals surface area contributed by atoms with Gasteiger partial charge in [-0.15, -0.1) is 11.3 Å². The Hall–Kier alpha value is -3.17. The number of nitrogens with one attached hydrogen (secondary N) is 4. The first-order valence-electron chi connectivity index (χ1n) is 9.89. The monoisotopic (exact) mass is 423 g/mol. The lowest BCUT2D eigenvalue weighted by atomic mass is 10.1. The minimum atomic E-state index is 0.150. The summed E-state index contributed by atoms with van der Waals surface area (Å²) in [6, 6.07) is 8.36. The summed E-state index contributed by atoms with van der Waals surface area (Å²) in [4.78, 5) is 16.6. The zero-order valence-corrected chi connectivity index (χ0v) is 17.8. The number of aromatic amines is 1. The molecule has 30 heavy (non-hydrogen) atoms. The maximum absolute atomic E-state index is 8.92. The first kappa shape index (κ1) is 20.1. The molecule has 0 aliphatic rings. The number of aliphatic hydroxyl groups is 1. The van der Waals surface area contributed by atoms with Crippen LogP contribution in [0.3, 0.4) is 0 Å². The van der Waals surface area contributed by atoms with E-state index in [1.165, 1.54) is 0 Å². The zero-order chi connectivity index (χ0) is 20.9. The Morgan fingerprint density at radius 2 is 2.03 bits per heavy atom. The molecule has 4 aromatic rings. The fourth-order valence-electron chi connectivity index (χ4n) is 3.08. The predicted molar refractivity (Wildman–Crippen MR) is 124 cm³/mol. The van der Waals surface area contributed by atoms with Gasteiger partial charge in [0.15, 0.2) is 0 Å². The van der Waals surface area contributed by atoms with E-state index >= 15 is 0 Å². The van der Waals surface area contributed by atoms with E-state index < -0.39 is 0 Å². The molecule has 0 amide bonds. The van der Waals surface area contributed by atoms with E-state index in [-0.39, 0.29) is 12.6 Å². The number of hydrogen-bond donors (Lipinski definition) is 5. The molecule has 0 saturated heterocycles. The molecule has 9 heteroatoms.